The molecule has 1 aromatic rings. The summed E-state index contributed by atoms with van der Waals surface area (Å²) in [4.78, 5) is 1.06. The van der Waals surface area contributed by atoms with Gasteiger partial charge in [-0.05, 0) is 51.0 Å². The Morgan fingerprint density at radius 1 is 1.26 bits per heavy atom. The number of halogens is 1. The van der Waals surface area contributed by atoms with Gasteiger partial charge in [0.15, 0.2) is 8.32 Å². The highest BCUT2D eigenvalue weighted by atomic mass is 35.5. The van der Waals surface area contributed by atoms with Crippen LogP contribution >= 0.6 is 22.9 Å². The molecule has 0 spiro atoms. The van der Waals surface area contributed by atoms with Crippen molar-refractivity contribution in [3.63, 3.8) is 0 Å². The van der Waals surface area contributed by atoms with Crippen molar-refractivity contribution in [1.29, 1.82) is 0 Å². The summed E-state index contributed by atoms with van der Waals surface area (Å²) in [6, 6.07) is 3.75. The van der Waals surface area contributed by atoms with Crippen molar-refractivity contribution in [3.8, 4) is 0 Å². The molecule has 0 amide bonds. The molecule has 0 aromatic carbocycles. The quantitative estimate of drug-likeness (QED) is 0.644. The van der Waals surface area contributed by atoms with Gasteiger partial charge in [-0.15, -0.1) is 11.3 Å². The molecule has 3 nitrogen and oxygen atoms in total. The molecule has 0 saturated carbocycles. The number of hydrogen-bond donors (Lipinski definition) is 1. The Balaban J connectivity index is 2.91. The minimum atomic E-state index is -1.86. The average molecular weight is 396 g/mol. The number of hydrogen-bond acceptors (Lipinski definition) is 3. The lowest BCUT2D eigenvalue weighted by atomic mass is 10.2. The Morgan fingerprint density at radius 2 is 1.83 bits per heavy atom. The zero-order chi connectivity index (χ0) is 18.1. The first kappa shape index (κ1) is 21.3. The van der Waals surface area contributed by atoms with E-state index >= 15 is 0 Å². The van der Waals surface area contributed by atoms with E-state index in [1.807, 2.05) is 32.9 Å². The lowest BCUT2D eigenvalue weighted by molar-refractivity contribution is 0.259. The van der Waals surface area contributed by atoms with Crippen LogP contribution in [-0.2, 0) is 15.4 Å². The van der Waals surface area contributed by atoms with E-state index in [1.54, 1.807) is 0 Å². The highest BCUT2D eigenvalue weighted by Gasteiger charge is 2.38. The van der Waals surface area contributed by atoms with Gasteiger partial charge in [0, 0.05) is 4.88 Å². The second-order valence-corrected chi connectivity index (χ2v) is 16.8. The molecule has 1 unspecified atom stereocenters. The summed E-state index contributed by atoms with van der Waals surface area (Å²) < 4.78 is 22.5. The molecular formula is C16H30ClNO2S2Si. The predicted molar refractivity (Wildman–Crippen MR) is 106 cm³/mol. The van der Waals surface area contributed by atoms with Gasteiger partial charge in [-0.2, -0.15) is 0 Å². The van der Waals surface area contributed by atoms with E-state index in [9.17, 15) is 4.21 Å². The summed E-state index contributed by atoms with van der Waals surface area (Å²) in [5.41, 5.74) is 0. The summed E-state index contributed by atoms with van der Waals surface area (Å²) in [7, 11) is -3.02. The van der Waals surface area contributed by atoms with Crippen LogP contribution in [0.5, 0.6) is 0 Å². The largest absolute Gasteiger partial charge is 0.415 e. The van der Waals surface area contributed by atoms with Gasteiger partial charge >= 0.3 is 0 Å². The molecule has 0 fully saturated rings. The van der Waals surface area contributed by atoms with Gasteiger partial charge in [0.05, 0.1) is 32.7 Å². The first-order valence-electron chi connectivity index (χ1n) is 7.81. The Labute approximate surface area is 153 Å². The van der Waals surface area contributed by atoms with Crippen molar-refractivity contribution in [3.05, 3.63) is 21.3 Å². The summed E-state index contributed by atoms with van der Waals surface area (Å²) in [5.74, 6) is 0. The molecule has 23 heavy (non-hydrogen) atoms. The predicted octanol–water partition coefficient (Wildman–Crippen LogP) is 5.52. The molecule has 0 aliphatic carbocycles. The highest BCUT2D eigenvalue weighted by Crippen LogP contribution is 2.37. The molecule has 2 atom stereocenters. The van der Waals surface area contributed by atoms with E-state index < -0.39 is 19.3 Å². The van der Waals surface area contributed by atoms with Crippen LogP contribution in [0.2, 0.25) is 22.5 Å². The van der Waals surface area contributed by atoms with Gasteiger partial charge in [0.25, 0.3) is 0 Å². The molecule has 1 N–H and O–H groups in total. The number of rotatable bonds is 6. The SMILES string of the molecule is CC(C)(C)S(=O)N[C@@H](CO[Si](C)(C)C(C)(C)C)c1ccc(Cl)s1. The molecule has 0 radical (unpaired) electrons. The molecule has 1 rings (SSSR count). The third kappa shape index (κ3) is 6.25. The molecule has 0 aliphatic heterocycles. The Kier molecular flexibility index (Phi) is 7.10. The molecule has 134 valence electrons. The minimum Gasteiger partial charge on any atom is -0.415 e. The van der Waals surface area contributed by atoms with Crippen molar-refractivity contribution < 1.29 is 8.63 Å². The first-order chi connectivity index (χ1) is 10.2. The van der Waals surface area contributed by atoms with E-state index in [4.69, 9.17) is 16.0 Å². The molecule has 1 heterocycles. The van der Waals surface area contributed by atoms with Crippen LogP contribution in [0, 0.1) is 0 Å². The summed E-state index contributed by atoms with van der Waals surface area (Å²) >= 11 is 7.59. The zero-order valence-corrected chi connectivity index (χ0v) is 18.8. The van der Waals surface area contributed by atoms with Gasteiger partial charge in [-0.1, -0.05) is 32.4 Å². The normalized spacial score (nSPS) is 16.4. The van der Waals surface area contributed by atoms with Crippen LogP contribution in [0.25, 0.3) is 0 Å². The Bertz CT molecular complexity index is 547. The van der Waals surface area contributed by atoms with E-state index in [2.05, 4.69) is 38.6 Å². The number of nitrogens with one attached hydrogen (secondary N) is 1. The van der Waals surface area contributed by atoms with Gasteiger partial charge in [0.1, 0.15) is 0 Å². The van der Waals surface area contributed by atoms with Crippen molar-refractivity contribution in [1.82, 2.24) is 4.72 Å². The molecular weight excluding hydrogens is 366 g/mol. The molecule has 0 aliphatic rings. The maximum Gasteiger partial charge on any atom is 0.192 e. The van der Waals surface area contributed by atoms with E-state index in [-0.39, 0.29) is 15.8 Å². The monoisotopic (exact) mass is 395 g/mol. The fourth-order valence-corrected chi connectivity index (χ4v) is 4.50. The fraction of sp³-hybridized carbons (Fsp3) is 0.750. The van der Waals surface area contributed by atoms with Gasteiger partial charge in [-0.3, -0.25) is 0 Å². The third-order valence-corrected chi connectivity index (χ3v) is 11.6. The molecule has 0 bridgehead atoms. The fourth-order valence-electron chi connectivity index (χ4n) is 1.50. The summed E-state index contributed by atoms with van der Waals surface area (Å²) in [6.45, 7) is 17.5. The second-order valence-electron chi connectivity index (χ2n) is 8.26. The van der Waals surface area contributed by atoms with Gasteiger partial charge < -0.3 is 4.43 Å². The smallest absolute Gasteiger partial charge is 0.192 e. The maximum absolute atomic E-state index is 12.5. The summed E-state index contributed by atoms with van der Waals surface area (Å²) in [5, 5.41) is 0.147. The molecule has 0 saturated heterocycles. The lowest BCUT2D eigenvalue weighted by Crippen LogP contribution is -2.44. The second kappa shape index (κ2) is 7.66. The minimum absolute atomic E-state index is 0.110. The zero-order valence-electron chi connectivity index (χ0n) is 15.5. The van der Waals surface area contributed by atoms with Crippen LogP contribution < -0.4 is 4.72 Å². The van der Waals surface area contributed by atoms with E-state index in [0.29, 0.717) is 6.61 Å². The van der Waals surface area contributed by atoms with Crippen LogP contribution in [0.4, 0.5) is 0 Å². The van der Waals surface area contributed by atoms with Crippen LogP contribution in [-0.4, -0.2) is 23.9 Å². The highest BCUT2D eigenvalue weighted by molar-refractivity contribution is 7.84. The molecule has 1 aromatic heterocycles. The third-order valence-electron chi connectivity index (χ3n) is 4.16. The van der Waals surface area contributed by atoms with E-state index in [0.717, 1.165) is 9.21 Å². The van der Waals surface area contributed by atoms with Gasteiger partial charge in [-0.25, -0.2) is 8.93 Å². The van der Waals surface area contributed by atoms with E-state index in [1.165, 1.54) is 11.3 Å². The summed E-state index contributed by atoms with van der Waals surface area (Å²) in [6.07, 6.45) is 0. The molecule has 7 heteroatoms. The van der Waals surface area contributed by atoms with Crippen LogP contribution in [0.15, 0.2) is 12.1 Å². The lowest BCUT2D eigenvalue weighted by Gasteiger charge is -2.37. The van der Waals surface area contributed by atoms with Crippen LogP contribution in [0.3, 0.4) is 0 Å². The maximum atomic E-state index is 12.5. The van der Waals surface area contributed by atoms with Crippen molar-refractivity contribution in [2.45, 2.75) is 70.5 Å². The van der Waals surface area contributed by atoms with Crippen molar-refractivity contribution in [2.75, 3.05) is 6.61 Å². The van der Waals surface area contributed by atoms with Crippen molar-refractivity contribution >= 4 is 42.2 Å². The first-order valence-corrected chi connectivity index (χ1v) is 13.1. The topological polar surface area (TPSA) is 38.3 Å². The standard InChI is InChI=1S/C16H30ClNO2S2Si/c1-15(2,3)22(19)18-12(13-9-10-14(17)21-13)11-20-23(7,8)16(4,5)6/h9-10,12,18H,11H2,1-8H3/t12-,22?/m0/s1. The Morgan fingerprint density at radius 3 is 2.22 bits per heavy atom. The number of thiophene rings is 1. The Hall–Kier alpha value is 0.277. The average Bonchev–Trinajstić information content (AvgIpc) is 2.78. The van der Waals surface area contributed by atoms with Crippen molar-refractivity contribution in [2.24, 2.45) is 0 Å². The van der Waals surface area contributed by atoms with Crippen LogP contribution in [0.1, 0.15) is 52.5 Å². The van der Waals surface area contributed by atoms with Gasteiger partial charge in [0.2, 0.25) is 0 Å².